The average Bonchev–Trinajstić information content (AvgIpc) is 2.77. The van der Waals surface area contributed by atoms with Crippen LogP contribution < -0.4 is 14.2 Å². The molecule has 0 fully saturated rings. The summed E-state index contributed by atoms with van der Waals surface area (Å²) in [7, 11) is 1.57. The summed E-state index contributed by atoms with van der Waals surface area (Å²) in [6.45, 7) is 7.85. The minimum atomic E-state index is -1.37. The van der Waals surface area contributed by atoms with Gasteiger partial charge in [0.15, 0.2) is 6.10 Å². The standard InChI is InChI=1S/C26H29NO6/c1-14(2)6-11-18-24-17(12-13-26(3,4)33-24)21(28)19-22(29)20(27-30)23(32-25(18)19)15-7-9-16(31-5)10-8-15/h6-10,12-13,22-23,28-30H,11H2,1-5H3/b27-20+/t22-,23+/m0/s1. The predicted molar refractivity (Wildman–Crippen MR) is 126 cm³/mol. The Morgan fingerprint density at radius 2 is 1.88 bits per heavy atom. The van der Waals surface area contributed by atoms with Crippen LogP contribution in [0.2, 0.25) is 0 Å². The van der Waals surface area contributed by atoms with Crippen LogP contribution in [0.1, 0.15) is 62.2 Å². The maximum Gasteiger partial charge on any atom is 0.168 e. The molecule has 2 atom stereocenters. The van der Waals surface area contributed by atoms with E-state index in [9.17, 15) is 15.4 Å². The molecule has 0 spiro atoms. The van der Waals surface area contributed by atoms with Gasteiger partial charge in [0.25, 0.3) is 0 Å². The van der Waals surface area contributed by atoms with Crippen LogP contribution in [0.25, 0.3) is 6.08 Å². The van der Waals surface area contributed by atoms with Gasteiger partial charge >= 0.3 is 0 Å². The van der Waals surface area contributed by atoms with Crippen molar-refractivity contribution in [2.24, 2.45) is 5.16 Å². The molecule has 2 aromatic rings. The lowest BCUT2D eigenvalue weighted by atomic mass is 9.86. The molecule has 0 saturated carbocycles. The molecule has 3 N–H and O–H groups in total. The molecule has 4 rings (SSSR count). The van der Waals surface area contributed by atoms with E-state index in [0.717, 1.165) is 5.57 Å². The molecule has 0 amide bonds. The lowest BCUT2D eigenvalue weighted by molar-refractivity contribution is 0.146. The summed E-state index contributed by atoms with van der Waals surface area (Å²) in [6, 6.07) is 7.09. The third kappa shape index (κ3) is 4.04. The van der Waals surface area contributed by atoms with Crippen molar-refractivity contribution < 1.29 is 29.6 Å². The molecule has 33 heavy (non-hydrogen) atoms. The van der Waals surface area contributed by atoms with E-state index in [2.05, 4.69) is 5.16 Å². The molecule has 7 nitrogen and oxygen atoms in total. The number of hydrogen-bond acceptors (Lipinski definition) is 7. The van der Waals surface area contributed by atoms with Gasteiger partial charge in [0, 0.05) is 5.56 Å². The number of aliphatic hydroxyl groups excluding tert-OH is 1. The quantitative estimate of drug-likeness (QED) is 0.340. The molecule has 0 bridgehead atoms. The van der Waals surface area contributed by atoms with Crippen molar-refractivity contribution in [3.63, 3.8) is 0 Å². The molecule has 2 aliphatic rings. The van der Waals surface area contributed by atoms with Gasteiger partial charge in [-0.25, -0.2) is 0 Å². The SMILES string of the molecule is COc1ccc([C@H]2Oc3c(CC=C(C)C)c4c(c(O)c3[C@H](O)/C2=N\O)C=CC(C)(C)O4)cc1. The molecule has 174 valence electrons. The van der Waals surface area contributed by atoms with Crippen LogP contribution in [-0.2, 0) is 6.42 Å². The average molecular weight is 452 g/mol. The van der Waals surface area contributed by atoms with Crippen LogP contribution in [0, 0.1) is 0 Å². The van der Waals surface area contributed by atoms with E-state index in [1.54, 1.807) is 37.5 Å². The number of nitrogens with zero attached hydrogens (tertiary/aromatic N) is 1. The molecular weight excluding hydrogens is 422 g/mol. The summed E-state index contributed by atoms with van der Waals surface area (Å²) in [5.41, 5.74) is 2.53. The van der Waals surface area contributed by atoms with Gasteiger partial charge < -0.3 is 29.6 Å². The first-order valence-electron chi connectivity index (χ1n) is 10.8. The molecule has 2 heterocycles. The molecule has 0 saturated heterocycles. The number of allylic oxidation sites excluding steroid dienone is 2. The third-order valence-electron chi connectivity index (χ3n) is 5.87. The summed E-state index contributed by atoms with van der Waals surface area (Å²) < 4.78 is 17.8. The third-order valence-corrected chi connectivity index (χ3v) is 5.87. The van der Waals surface area contributed by atoms with Crippen molar-refractivity contribution in [3.05, 3.63) is 64.2 Å². The monoisotopic (exact) mass is 451 g/mol. The first kappa shape index (κ1) is 22.7. The van der Waals surface area contributed by atoms with Gasteiger partial charge in [-0.15, -0.1) is 0 Å². The number of benzene rings is 2. The minimum Gasteiger partial charge on any atom is -0.507 e. The van der Waals surface area contributed by atoms with Gasteiger partial charge in [-0.05, 0) is 64.0 Å². The maximum atomic E-state index is 11.2. The van der Waals surface area contributed by atoms with E-state index in [1.165, 1.54) is 0 Å². The summed E-state index contributed by atoms with van der Waals surface area (Å²) in [5.74, 6) is 1.35. The number of phenolic OH excluding ortho intramolecular Hbond substituents is 1. The van der Waals surface area contributed by atoms with E-state index in [-0.39, 0.29) is 17.0 Å². The topological polar surface area (TPSA) is 101 Å². The second kappa shape index (κ2) is 8.48. The Morgan fingerprint density at radius 3 is 2.48 bits per heavy atom. The lowest BCUT2D eigenvalue weighted by Crippen LogP contribution is -2.33. The zero-order valence-corrected chi connectivity index (χ0v) is 19.4. The van der Waals surface area contributed by atoms with E-state index >= 15 is 0 Å². The van der Waals surface area contributed by atoms with E-state index in [0.29, 0.717) is 40.4 Å². The highest BCUT2D eigenvalue weighted by molar-refractivity contribution is 5.97. The van der Waals surface area contributed by atoms with Crippen LogP contribution in [0.4, 0.5) is 0 Å². The second-order valence-corrected chi connectivity index (χ2v) is 9.04. The Balaban J connectivity index is 1.94. The van der Waals surface area contributed by atoms with Gasteiger partial charge in [0.1, 0.15) is 40.4 Å². The summed E-state index contributed by atoms with van der Waals surface area (Å²) in [6.07, 6.45) is 3.92. The number of oxime groups is 1. The zero-order valence-electron chi connectivity index (χ0n) is 19.4. The second-order valence-electron chi connectivity index (χ2n) is 9.04. The molecule has 0 aliphatic carbocycles. The molecule has 0 unspecified atom stereocenters. The Bertz CT molecular complexity index is 1160. The van der Waals surface area contributed by atoms with Gasteiger partial charge in [-0.1, -0.05) is 28.9 Å². The largest absolute Gasteiger partial charge is 0.507 e. The number of aliphatic hydroxyl groups is 1. The summed E-state index contributed by atoms with van der Waals surface area (Å²) >= 11 is 0. The van der Waals surface area contributed by atoms with Crippen molar-refractivity contribution in [3.8, 4) is 23.0 Å². The highest BCUT2D eigenvalue weighted by atomic mass is 16.5. The van der Waals surface area contributed by atoms with Crippen molar-refractivity contribution in [2.45, 2.75) is 51.9 Å². The van der Waals surface area contributed by atoms with Crippen LogP contribution in [0.15, 0.2) is 47.1 Å². The van der Waals surface area contributed by atoms with Gasteiger partial charge in [-0.2, -0.15) is 0 Å². The van der Waals surface area contributed by atoms with Crippen LogP contribution in [-0.4, -0.2) is 33.8 Å². The highest BCUT2D eigenvalue weighted by Crippen LogP contribution is 2.53. The first-order valence-corrected chi connectivity index (χ1v) is 10.8. The first-order chi connectivity index (χ1) is 15.7. The number of rotatable bonds is 4. The number of hydrogen-bond donors (Lipinski definition) is 3. The molecule has 2 aliphatic heterocycles. The van der Waals surface area contributed by atoms with E-state index < -0.39 is 17.8 Å². The normalized spacial score (nSPS) is 21.5. The fourth-order valence-corrected chi connectivity index (χ4v) is 4.11. The fraction of sp³-hybridized carbons (Fsp3) is 0.346. The number of ether oxygens (including phenoxy) is 3. The highest BCUT2D eigenvalue weighted by Gasteiger charge is 2.42. The van der Waals surface area contributed by atoms with Crippen LogP contribution >= 0.6 is 0 Å². The molecular formula is C26H29NO6. The summed E-state index contributed by atoms with van der Waals surface area (Å²) in [4.78, 5) is 0. The molecule has 0 aromatic heterocycles. The molecule has 2 aromatic carbocycles. The molecule has 7 heteroatoms. The van der Waals surface area contributed by atoms with Crippen LogP contribution in [0.5, 0.6) is 23.0 Å². The lowest BCUT2D eigenvalue weighted by Gasteiger charge is -2.36. The fourth-order valence-electron chi connectivity index (χ4n) is 4.11. The van der Waals surface area contributed by atoms with E-state index in [1.807, 2.05) is 39.8 Å². The Labute approximate surface area is 193 Å². The van der Waals surface area contributed by atoms with Crippen molar-refractivity contribution >= 4 is 11.8 Å². The Kier molecular flexibility index (Phi) is 5.84. The number of phenols is 1. The van der Waals surface area contributed by atoms with Crippen molar-refractivity contribution in [1.82, 2.24) is 0 Å². The van der Waals surface area contributed by atoms with Crippen molar-refractivity contribution in [2.75, 3.05) is 7.11 Å². The van der Waals surface area contributed by atoms with Gasteiger partial charge in [0.2, 0.25) is 0 Å². The van der Waals surface area contributed by atoms with Gasteiger partial charge in [0.05, 0.1) is 18.2 Å². The van der Waals surface area contributed by atoms with Crippen LogP contribution in [0.3, 0.4) is 0 Å². The zero-order chi connectivity index (χ0) is 23.9. The smallest absolute Gasteiger partial charge is 0.168 e. The maximum absolute atomic E-state index is 11.2. The Hall–Kier alpha value is -3.45. The van der Waals surface area contributed by atoms with E-state index in [4.69, 9.17) is 14.2 Å². The number of fused-ring (bicyclic) bond motifs is 2. The number of aromatic hydroxyl groups is 1. The van der Waals surface area contributed by atoms with Gasteiger partial charge in [-0.3, -0.25) is 0 Å². The summed E-state index contributed by atoms with van der Waals surface area (Å²) in [5, 5.41) is 35.4. The Morgan fingerprint density at radius 1 is 1.18 bits per heavy atom. The molecule has 0 radical (unpaired) electrons. The number of methoxy groups -OCH3 is 1. The minimum absolute atomic E-state index is 0.0166. The predicted octanol–water partition coefficient (Wildman–Crippen LogP) is 5.09. The van der Waals surface area contributed by atoms with Crippen molar-refractivity contribution in [1.29, 1.82) is 0 Å².